The number of carbonyl (C=O) groups is 1. The van der Waals surface area contributed by atoms with Gasteiger partial charge in [-0.05, 0) is 0 Å². The summed E-state index contributed by atoms with van der Waals surface area (Å²) in [4.78, 5) is 39.3. The standard InChI is InChI=1S/C9H11N3O4/c13-4-5-1-8(15)12(3-5)6-2-7(14)11-9(16)10-6/h2,5,13H,1,3-4H2,(H2,10,11,14,16). The Kier molecular flexibility index (Phi) is 2.61. The van der Waals surface area contributed by atoms with E-state index in [9.17, 15) is 14.4 Å². The molecule has 0 aliphatic carbocycles. The van der Waals surface area contributed by atoms with E-state index in [4.69, 9.17) is 5.11 Å². The van der Waals surface area contributed by atoms with Crippen molar-refractivity contribution < 1.29 is 9.90 Å². The van der Waals surface area contributed by atoms with Crippen molar-refractivity contribution in [1.82, 2.24) is 9.97 Å². The minimum absolute atomic E-state index is 0.0876. The molecular formula is C9H11N3O4. The summed E-state index contributed by atoms with van der Waals surface area (Å²) in [5.74, 6) is -0.176. The maximum absolute atomic E-state index is 11.5. The molecule has 1 atom stereocenters. The molecular weight excluding hydrogens is 214 g/mol. The molecule has 1 aromatic rings. The largest absolute Gasteiger partial charge is 0.396 e. The van der Waals surface area contributed by atoms with Crippen LogP contribution in [0, 0.1) is 5.92 Å². The number of nitrogens with one attached hydrogen (secondary N) is 2. The first-order valence-corrected chi connectivity index (χ1v) is 4.85. The number of rotatable bonds is 2. The first kappa shape index (κ1) is 10.6. The molecule has 7 heteroatoms. The average Bonchev–Trinajstić information content (AvgIpc) is 2.58. The third-order valence-corrected chi connectivity index (χ3v) is 2.50. The van der Waals surface area contributed by atoms with Crippen LogP contribution in [-0.2, 0) is 4.79 Å². The van der Waals surface area contributed by atoms with Gasteiger partial charge < -0.3 is 5.11 Å². The van der Waals surface area contributed by atoms with Gasteiger partial charge in [-0.1, -0.05) is 0 Å². The topological polar surface area (TPSA) is 106 Å². The molecule has 3 N–H and O–H groups in total. The van der Waals surface area contributed by atoms with E-state index in [1.165, 1.54) is 4.90 Å². The summed E-state index contributed by atoms with van der Waals surface area (Å²) in [6.07, 6.45) is 0.228. The summed E-state index contributed by atoms with van der Waals surface area (Å²) < 4.78 is 0. The molecule has 0 bridgehead atoms. The Labute approximate surface area is 89.7 Å². The summed E-state index contributed by atoms with van der Waals surface area (Å²) in [6, 6.07) is 1.15. The van der Waals surface area contributed by atoms with Crippen molar-refractivity contribution in [3.05, 3.63) is 26.9 Å². The predicted molar refractivity (Wildman–Crippen MR) is 55.2 cm³/mol. The lowest BCUT2D eigenvalue weighted by Crippen LogP contribution is -2.31. The van der Waals surface area contributed by atoms with Crippen molar-refractivity contribution in [2.45, 2.75) is 6.42 Å². The molecule has 1 fully saturated rings. The van der Waals surface area contributed by atoms with Gasteiger partial charge in [0.2, 0.25) is 5.91 Å². The maximum atomic E-state index is 11.5. The third-order valence-electron chi connectivity index (χ3n) is 2.50. The second-order valence-corrected chi connectivity index (χ2v) is 3.73. The van der Waals surface area contributed by atoms with E-state index in [1.807, 2.05) is 4.98 Å². The van der Waals surface area contributed by atoms with E-state index in [1.54, 1.807) is 0 Å². The van der Waals surface area contributed by atoms with Crippen LogP contribution in [0.1, 0.15) is 6.42 Å². The molecule has 1 aliphatic heterocycles. The molecule has 16 heavy (non-hydrogen) atoms. The lowest BCUT2D eigenvalue weighted by atomic mass is 10.1. The fourth-order valence-corrected chi connectivity index (χ4v) is 1.74. The summed E-state index contributed by atoms with van der Waals surface area (Å²) in [5, 5.41) is 8.94. The van der Waals surface area contributed by atoms with E-state index in [2.05, 4.69) is 4.98 Å². The number of anilines is 1. The highest BCUT2D eigenvalue weighted by Crippen LogP contribution is 2.21. The van der Waals surface area contributed by atoms with Gasteiger partial charge in [-0.2, -0.15) is 0 Å². The number of carbonyl (C=O) groups excluding carboxylic acids is 1. The van der Waals surface area contributed by atoms with Crippen LogP contribution in [0.25, 0.3) is 0 Å². The zero-order valence-corrected chi connectivity index (χ0v) is 8.40. The maximum Gasteiger partial charge on any atom is 0.327 e. The first-order valence-electron chi connectivity index (χ1n) is 4.85. The normalized spacial score (nSPS) is 20.4. The van der Waals surface area contributed by atoms with Crippen molar-refractivity contribution in [2.75, 3.05) is 18.1 Å². The van der Waals surface area contributed by atoms with E-state index >= 15 is 0 Å². The Morgan fingerprint density at radius 1 is 1.38 bits per heavy atom. The van der Waals surface area contributed by atoms with Gasteiger partial charge in [0, 0.05) is 31.6 Å². The monoisotopic (exact) mass is 225 g/mol. The highest BCUT2D eigenvalue weighted by atomic mass is 16.3. The van der Waals surface area contributed by atoms with Gasteiger partial charge in [0.15, 0.2) is 0 Å². The van der Waals surface area contributed by atoms with Gasteiger partial charge in [-0.3, -0.25) is 24.5 Å². The van der Waals surface area contributed by atoms with Crippen LogP contribution in [0.2, 0.25) is 0 Å². The number of aromatic amines is 2. The molecule has 0 spiro atoms. The highest BCUT2D eigenvalue weighted by molar-refractivity contribution is 5.94. The number of hydrogen-bond acceptors (Lipinski definition) is 4. The molecule has 0 saturated carbocycles. The number of aliphatic hydroxyl groups is 1. The van der Waals surface area contributed by atoms with Crippen molar-refractivity contribution in [3.63, 3.8) is 0 Å². The van der Waals surface area contributed by atoms with Crippen LogP contribution in [0.4, 0.5) is 5.82 Å². The van der Waals surface area contributed by atoms with Gasteiger partial charge in [0.05, 0.1) is 0 Å². The number of aromatic nitrogens is 2. The summed E-state index contributed by atoms with van der Waals surface area (Å²) >= 11 is 0. The van der Waals surface area contributed by atoms with Gasteiger partial charge >= 0.3 is 5.69 Å². The van der Waals surface area contributed by atoms with Crippen LogP contribution in [-0.4, -0.2) is 34.1 Å². The third kappa shape index (κ3) is 1.89. The number of H-pyrrole nitrogens is 2. The van der Waals surface area contributed by atoms with E-state index in [-0.39, 0.29) is 30.7 Å². The molecule has 2 heterocycles. The number of aliphatic hydroxyl groups excluding tert-OH is 1. The van der Waals surface area contributed by atoms with Gasteiger partial charge in [0.1, 0.15) is 5.82 Å². The second kappa shape index (κ2) is 3.93. The Morgan fingerprint density at radius 3 is 2.69 bits per heavy atom. The minimum atomic E-state index is -0.650. The lowest BCUT2D eigenvalue weighted by Gasteiger charge is -2.14. The minimum Gasteiger partial charge on any atom is -0.396 e. The van der Waals surface area contributed by atoms with Crippen molar-refractivity contribution in [3.8, 4) is 0 Å². The summed E-state index contributed by atoms with van der Waals surface area (Å²) in [6.45, 7) is 0.227. The Bertz CT molecular complexity index is 490. The van der Waals surface area contributed by atoms with Crippen LogP contribution in [0.15, 0.2) is 15.7 Å². The molecule has 0 aromatic carbocycles. The number of hydrogen-bond donors (Lipinski definition) is 3. The molecule has 2 rings (SSSR count). The summed E-state index contributed by atoms with van der Waals surface area (Å²) in [7, 11) is 0. The van der Waals surface area contributed by atoms with Crippen molar-refractivity contribution in [2.24, 2.45) is 5.92 Å². The molecule has 1 aromatic heterocycles. The molecule has 0 radical (unpaired) electrons. The van der Waals surface area contributed by atoms with Crippen LogP contribution < -0.4 is 16.1 Å². The zero-order chi connectivity index (χ0) is 11.7. The highest BCUT2D eigenvalue weighted by Gasteiger charge is 2.30. The zero-order valence-electron chi connectivity index (χ0n) is 8.40. The van der Waals surface area contributed by atoms with Gasteiger partial charge in [-0.15, -0.1) is 0 Å². The molecule has 1 unspecified atom stereocenters. The SMILES string of the molecule is O=C1CC(CO)CN1c1cc(=O)[nH]c(=O)[nH]1. The van der Waals surface area contributed by atoms with Crippen LogP contribution >= 0.6 is 0 Å². The number of nitrogens with zero attached hydrogens (tertiary/aromatic N) is 1. The molecule has 7 nitrogen and oxygen atoms in total. The lowest BCUT2D eigenvalue weighted by molar-refractivity contribution is -0.117. The average molecular weight is 225 g/mol. The van der Waals surface area contributed by atoms with E-state index < -0.39 is 11.2 Å². The smallest absolute Gasteiger partial charge is 0.327 e. The van der Waals surface area contributed by atoms with Gasteiger partial charge in [0.25, 0.3) is 5.56 Å². The van der Waals surface area contributed by atoms with Crippen molar-refractivity contribution in [1.29, 1.82) is 0 Å². The Hall–Kier alpha value is -1.89. The number of amides is 1. The second-order valence-electron chi connectivity index (χ2n) is 3.73. The molecule has 1 aliphatic rings. The summed E-state index contributed by atoms with van der Waals surface area (Å²) in [5.41, 5.74) is -1.21. The first-order chi connectivity index (χ1) is 7.60. The fraction of sp³-hybridized carbons (Fsp3) is 0.444. The Morgan fingerprint density at radius 2 is 2.12 bits per heavy atom. The molecule has 1 amide bonds. The van der Waals surface area contributed by atoms with Gasteiger partial charge in [-0.25, -0.2) is 4.79 Å². The van der Waals surface area contributed by atoms with E-state index in [0.29, 0.717) is 6.54 Å². The quantitative estimate of drug-likeness (QED) is 0.564. The van der Waals surface area contributed by atoms with Crippen LogP contribution in [0.5, 0.6) is 0 Å². The van der Waals surface area contributed by atoms with Crippen molar-refractivity contribution >= 4 is 11.7 Å². The van der Waals surface area contributed by atoms with Crippen LogP contribution in [0.3, 0.4) is 0 Å². The van der Waals surface area contributed by atoms with E-state index in [0.717, 1.165) is 6.07 Å². The molecule has 86 valence electrons. The fourth-order valence-electron chi connectivity index (χ4n) is 1.74. The Balaban J connectivity index is 2.34. The molecule has 1 saturated heterocycles. The predicted octanol–water partition coefficient (Wildman–Crippen LogP) is -1.59.